The van der Waals surface area contributed by atoms with Gasteiger partial charge in [0, 0.05) is 0 Å². The van der Waals surface area contributed by atoms with Gasteiger partial charge < -0.3 is 0 Å². The van der Waals surface area contributed by atoms with Gasteiger partial charge in [-0.25, -0.2) is 30.9 Å². The molecule has 0 unspecified atom stereocenters. The summed E-state index contributed by atoms with van der Waals surface area (Å²) >= 11 is 0. The summed E-state index contributed by atoms with van der Waals surface area (Å²) in [6.45, 7) is -16.3. The standard InChI is InChI=1S/C27H9F48O4P/c28-4(29)10(40,41)16(52,53)22(64,65)25(70,71)19(58,59)13(46,47)7(34,35)1-77-80(76,78-2-8(36,37)14(48,49)20(60,61)26(72,73)23(66,67)17(54,55)11(42,43)5(30)31)79-3-9(38,39)15(50,51)21(62,63)27(74,75)24(68,69)18(56,57)12(44,45)6(32)33/h4-6H,1-3H2. The second-order valence-corrected chi connectivity index (χ2v) is 16.4. The van der Waals surface area contributed by atoms with Crippen LogP contribution in [0.15, 0.2) is 0 Å². The summed E-state index contributed by atoms with van der Waals surface area (Å²) in [5, 5.41) is 0. The second kappa shape index (κ2) is 20.5. The lowest BCUT2D eigenvalue weighted by atomic mass is 9.89. The molecule has 0 atom stereocenters. The van der Waals surface area contributed by atoms with E-state index in [0.29, 0.717) is 0 Å². The van der Waals surface area contributed by atoms with Gasteiger partial charge in [0.15, 0.2) is 0 Å². The molecule has 0 aromatic carbocycles. The van der Waals surface area contributed by atoms with Crippen LogP contribution < -0.4 is 0 Å². The summed E-state index contributed by atoms with van der Waals surface area (Å²) in [5.41, 5.74) is 0. The Kier molecular flexibility index (Phi) is 19.7. The molecule has 0 spiro atoms. The third-order valence-corrected chi connectivity index (χ3v) is 10.7. The molecule has 4 nitrogen and oxygen atoms in total. The lowest BCUT2D eigenvalue weighted by Crippen LogP contribution is -2.74. The Labute approximate surface area is 401 Å². The molecule has 0 aliphatic carbocycles. The van der Waals surface area contributed by atoms with Crippen LogP contribution >= 0.6 is 7.82 Å². The average molecular weight is 1340 g/mol. The van der Waals surface area contributed by atoms with E-state index in [9.17, 15) is 215 Å². The summed E-state index contributed by atoms with van der Waals surface area (Å²) in [6.07, 6.45) is -19.7. The predicted molar refractivity (Wildman–Crippen MR) is 147 cm³/mol. The first-order valence-electron chi connectivity index (χ1n) is 17.3. The van der Waals surface area contributed by atoms with Crippen LogP contribution in [0.4, 0.5) is 211 Å². The van der Waals surface area contributed by atoms with E-state index in [1.807, 2.05) is 0 Å². The maximum atomic E-state index is 14.4. The number of alkyl halides is 48. The summed E-state index contributed by atoms with van der Waals surface area (Å²) in [6, 6.07) is 0. The van der Waals surface area contributed by atoms with Crippen molar-refractivity contribution in [2.75, 3.05) is 19.8 Å². The number of halogens is 48. The highest BCUT2D eigenvalue weighted by molar-refractivity contribution is 7.48. The summed E-state index contributed by atoms with van der Waals surface area (Å²) in [4.78, 5) is 0. The zero-order valence-electron chi connectivity index (χ0n) is 34.6. The number of phosphoric ester groups is 1. The molecule has 53 heteroatoms. The molecule has 0 aliphatic heterocycles. The first-order valence-corrected chi connectivity index (χ1v) is 18.7. The van der Waals surface area contributed by atoms with Gasteiger partial charge >= 0.3 is 151 Å². The van der Waals surface area contributed by atoms with Crippen LogP contribution in [0, 0.1) is 0 Å². The fourth-order valence-electron chi connectivity index (χ4n) is 4.37. The zero-order valence-corrected chi connectivity index (χ0v) is 35.5. The lowest BCUT2D eigenvalue weighted by molar-refractivity contribution is -0.448. The Bertz CT molecular complexity index is 1950. The van der Waals surface area contributed by atoms with Crippen molar-refractivity contribution < 1.29 is 229 Å². The molecule has 0 heterocycles. The first-order chi connectivity index (χ1) is 34.0. The first kappa shape index (κ1) is 76.8. The molecule has 0 aromatic heterocycles. The van der Waals surface area contributed by atoms with Crippen LogP contribution in [0.25, 0.3) is 0 Å². The molecule has 482 valence electrons. The average Bonchev–Trinajstić information content (AvgIpc) is 3.25. The topological polar surface area (TPSA) is 44.8 Å². The highest BCUT2D eigenvalue weighted by atomic mass is 31.2. The van der Waals surface area contributed by atoms with Crippen LogP contribution in [-0.2, 0) is 18.1 Å². The molecule has 80 heavy (non-hydrogen) atoms. The summed E-state index contributed by atoms with van der Waals surface area (Å²) in [5.74, 6) is -192. The van der Waals surface area contributed by atoms with Crippen LogP contribution in [0.2, 0.25) is 0 Å². The van der Waals surface area contributed by atoms with Gasteiger partial charge in [-0.05, 0) is 0 Å². The molecular weight excluding hydrogens is 1330 g/mol. The summed E-state index contributed by atoms with van der Waals surface area (Å²) < 4.78 is 674. The summed E-state index contributed by atoms with van der Waals surface area (Å²) in [7, 11) is -9.36. The van der Waals surface area contributed by atoms with E-state index in [-0.39, 0.29) is 0 Å². The Morgan fingerprint density at radius 1 is 0.212 bits per heavy atom. The van der Waals surface area contributed by atoms with Crippen LogP contribution in [0.3, 0.4) is 0 Å². The molecule has 0 aromatic rings. The highest BCUT2D eigenvalue weighted by Crippen LogP contribution is 2.68. The van der Waals surface area contributed by atoms with E-state index >= 15 is 0 Å². The van der Waals surface area contributed by atoms with Gasteiger partial charge in [0.05, 0.1) is 0 Å². The van der Waals surface area contributed by atoms with Gasteiger partial charge in [-0.3, -0.25) is 13.6 Å². The Morgan fingerprint density at radius 2 is 0.325 bits per heavy atom. The molecule has 0 aliphatic rings. The monoisotopic (exact) mass is 1340 g/mol. The van der Waals surface area contributed by atoms with Crippen molar-refractivity contribution in [3.05, 3.63) is 0 Å². The third-order valence-electron chi connectivity index (χ3n) is 9.40. The smallest absolute Gasteiger partial charge is 0.280 e. The van der Waals surface area contributed by atoms with Crippen molar-refractivity contribution in [2.24, 2.45) is 0 Å². The SMILES string of the molecule is O=P(OCC(F)(F)C(F)(F)C(F)(F)C(F)(F)C(F)(F)C(F)(F)C(F)(F)C(F)F)(OCC(F)(F)C(F)(F)C(F)(F)C(F)(F)C(F)(F)C(F)(F)C(F)(F)C(F)F)OCC(F)(F)C(F)(F)C(F)(F)C(F)(F)C(F)(F)C(F)(F)C(F)(F)C(F)F. The van der Waals surface area contributed by atoms with Gasteiger partial charge in [-0.15, -0.1) is 0 Å². The number of hydrogen-bond donors (Lipinski definition) is 0. The van der Waals surface area contributed by atoms with Crippen LogP contribution in [-0.4, -0.2) is 163 Å². The second-order valence-electron chi connectivity index (χ2n) is 14.8. The van der Waals surface area contributed by atoms with Gasteiger partial charge in [0.25, 0.3) is 0 Å². The largest absolute Gasteiger partial charge is 0.475 e. The highest BCUT2D eigenvalue weighted by Gasteiger charge is 2.97. The molecule has 0 radical (unpaired) electrons. The molecule has 0 bridgehead atoms. The van der Waals surface area contributed by atoms with Gasteiger partial charge in [0.1, 0.15) is 19.8 Å². The van der Waals surface area contributed by atoms with Gasteiger partial charge in [-0.1, -0.05) is 0 Å². The minimum Gasteiger partial charge on any atom is -0.280 e. The van der Waals surface area contributed by atoms with Crippen molar-refractivity contribution in [1.29, 1.82) is 0 Å². The van der Waals surface area contributed by atoms with Crippen molar-refractivity contribution in [2.45, 2.75) is 144 Å². The third kappa shape index (κ3) is 10.4. The zero-order chi connectivity index (χ0) is 66.0. The van der Waals surface area contributed by atoms with Crippen LogP contribution in [0.1, 0.15) is 0 Å². The van der Waals surface area contributed by atoms with Gasteiger partial charge in [0.2, 0.25) is 0 Å². The Hall–Kier alpha value is -3.25. The van der Waals surface area contributed by atoms with Gasteiger partial charge in [-0.2, -0.15) is 184 Å². The van der Waals surface area contributed by atoms with E-state index in [1.165, 1.54) is 0 Å². The molecule has 0 fully saturated rings. The Morgan fingerprint density at radius 3 is 0.450 bits per heavy atom. The van der Waals surface area contributed by atoms with E-state index < -0.39 is 171 Å². The minimum absolute atomic E-state index is 2.14. The fourth-order valence-corrected chi connectivity index (χ4v) is 5.55. The molecule has 0 amide bonds. The van der Waals surface area contributed by atoms with E-state index in [4.69, 9.17) is 0 Å². The molecule has 0 saturated carbocycles. The number of phosphoric acid groups is 1. The van der Waals surface area contributed by atoms with Crippen molar-refractivity contribution >= 4 is 7.82 Å². The minimum atomic E-state index is -9.61. The Balaban J connectivity index is 8.24. The quantitative estimate of drug-likeness (QED) is 0.0531. The molecule has 0 saturated heterocycles. The number of hydrogen-bond acceptors (Lipinski definition) is 4. The van der Waals surface area contributed by atoms with E-state index in [2.05, 4.69) is 13.6 Å². The van der Waals surface area contributed by atoms with E-state index in [0.717, 1.165) is 0 Å². The fraction of sp³-hybridized carbons (Fsp3) is 1.00. The molecule has 0 N–H and O–H groups in total. The molecule has 0 rings (SSSR count). The van der Waals surface area contributed by atoms with Crippen molar-refractivity contribution in [3.63, 3.8) is 0 Å². The number of rotatable bonds is 30. The maximum Gasteiger partial charge on any atom is 0.475 e. The molecular formula is C27H9F48O4P. The van der Waals surface area contributed by atoms with Crippen molar-refractivity contribution in [1.82, 2.24) is 0 Å². The normalized spacial score (nSPS) is 16.9. The maximum absolute atomic E-state index is 14.4. The van der Waals surface area contributed by atoms with E-state index in [1.54, 1.807) is 0 Å². The lowest BCUT2D eigenvalue weighted by Gasteiger charge is -2.43. The van der Waals surface area contributed by atoms with Crippen LogP contribution in [0.5, 0.6) is 0 Å². The predicted octanol–water partition coefficient (Wildman–Crippen LogP) is 16.3. The van der Waals surface area contributed by atoms with Crippen molar-refractivity contribution in [3.8, 4) is 0 Å².